The van der Waals surface area contributed by atoms with Crippen molar-refractivity contribution in [3.63, 3.8) is 0 Å². The van der Waals surface area contributed by atoms with Gasteiger partial charge in [-0.05, 0) is 64.8 Å². The zero-order valence-corrected chi connectivity index (χ0v) is 13.8. The summed E-state index contributed by atoms with van der Waals surface area (Å²) in [6, 6.07) is 3.58. The van der Waals surface area contributed by atoms with Gasteiger partial charge in [0.1, 0.15) is 5.76 Å². The average molecular weight is 408 g/mol. The van der Waals surface area contributed by atoms with Crippen LogP contribution in [0.1, 0.15) is 18.6 Å². The highest BCUT2D eigenvalue weighted by Gasteiger charge is 2.73. The van der Waals surface area contributed by atoms with Crippen LogP contribution in [0.4, 0.5) is 0 Å². The van der Waals surface area contributed by atoms with Gasteiger partial charge in [0.25, 0.3) is 11.8 Å². The number of halogens is 1. The topological polar surface area (TPSA) is 62.9 Å². The second-order valence-corrected chi connectivity index (χ2v) is 7.66. The molecule has 2 saturated carbocycles. The molecule has 6 heteroatoms. The van der Waals surface area contributed by atoms with Crippen molar-refractivity contribution >= 4 is 40.6 Å². The third kappa shape index (κ3) is 1.46. The van der Waals surface area contributed by atoms with E-state index in [9.17, 15) is 9.59 Å². The summed E-state index contributed by atoms with van der Waals surface area (Å²) in [5.74, 6) is 0.346. The number of furan rings is 1. The molecule has 2 heterocycles. The number of hydrazone groups is 1. The fraction of sp³-hybridized carbons (Fsp3) is 0.438. The summed E-state index contributed by atoms with van der Waals surface area (Å²) < 4.78 is 6.12. The van der Waals surface area contributed by atoms with Crippen LogP contribution in [0.2, 0.25) is 0 Å². The van der Waals surface area contributed by atoms with Gasteiger partial charge in [0.05, 0.1) is 18.1 Å². The quantitative estimate of drug-likeness (QED) is 0.327. The molecule has 1 saturated heterocycles. The smallest absolute Gasteiger partial charge is 0.254 e. The predicted molar refractivity (Wildman–Crippen MR) is 85.6 cm³/mol. The molecule has 1 aromatic rings. The van der Waals surface area contributed by atoms with Crippen molar-refractivity contribution in [2.75, 3.05) is 0 Å². The summed E-state index contributed by atoms with van der Waals surface area (Å²) in [6.07, 6.45) is 8.06. The van der Waals surface area contributed by atoms with E-state index >= 15 is 0 Å². The van der Waals surface area contributed by atoms with Crippen molar-refractivity contribution in [3.8, 4) is 0 Å². The second kappa shape index (κ2) is 4.10. The molecule has 3 fully saturated rings. The molecule has 0 N–H and O–H groups in total. The fourth-order valence-corrected chi connectivity index (χ4v) is 5.12. The van der Waals surface area contributed by atoms with E-state index < -0.39 is 0 Å². The minimum Gasteiger partial charge on any atom is -0.449 e. The van der Waals surface area contributed by atoms with Crippen molar-refractivity contribution < 1.29 is 14.0 Å². The van der Waals surface area contributed by atoms with Crippen LogP contribution in [-0.4, -0.2) is 23.0 Å². The highest BCUT2D eigenvalue weighted by Crippen LogP contribution is 2.73. The van der Waals surface area contributed by atoms with Gasteiger partial charge in [0.15, 0.2) is 3.77 Å². The molecule has 5 rings (SSSR count). The van der Waals surface area contributed by atoms with Gasteiger partial charge in [0.2, 0.25) is 0 Å². The van der Waals surface area contributed by atoms with Crippen LogP contribution in [0, 0.1) is 32.9 Å². The molecule has 0 unspecified atom stereocenters. The minimum absolute atomic E-state index is 0.143. The second-order valence-electron chi connectivity index (χ2n) is 6.60. The van der Waals surface area contributed by atoms with E-state index in [-0.39, 0.29) is 40.9 Å². The van der Waals surface area contributed by atoms with Gasteiger partial charge in [-0.15, -0.1) is 0 Å². The number of carbonyl (C=O) groups is 2. The number of fused-ring (bicyclic) bond motifs is 3. The van der Waals surface area contributed by atoms with Gasteiger partial charge in [-0.25, -0.2) is 0 Å². The van der Waals surface area contributed by atoms with E-state index in [1.54, 1.807) is 6.07 Å². The molecule has 0 radical (unpaired) electrons. The Hall–Kier alpha value is -1.44. The fourth-order valence-electron chi connectivity index (χ4n) is 4.69. The van der Waals surface area contributed by atoms with Crippen LogP contribution in [0.15, 0.2) is 33.8 Å². The van der Waals surface area contributed by atoms with Gasteiger partial charge in [0, 0.05) is 0 Å². The number of rotatable bonds is 2. The van der Waals surface area contributed by atoms with E-state index in [1.165, 1.54) is 6.21 Å². The van der Waals surface area contributed by atoms with Gasteiger partial charge in [-0.3, -0.25) is 9.59 Å². The minimum atomic E-state index is -0.195. The van der Waals surface area contributed by atoms with Crippen molar-refractivity contribution in [3.05, 3.63) is 33.8 Å². The number of allylic oxidation sites excluding steroid dienone is 2. The van der Waals surface area contributed by atoms with E-state index in [0.717, 1.165) is 21.6 Å². The Kier molecular flexibility index (Phi) is 2.43. The summed E-state index contributed by atoms with van der Waals surface area (Å²) >= 11 is 2.06. The Morgan fingerprint density at radius 1 is 1.18 bits per heavy atom. The molecule has 22 heavy (non-hydrogen) atoms. The van der Waals surface area contributed by atoms with Gasteiger partial charge in [-0.2, -0.15) is 10.1 Å². The van der Waals surface area contributed by atoms with Crippen LogP contribution in [0.25, 0.3) is 0 Å². The van der Waals surface area contributed by atoms with Crippen molar-refractivity contribution in [1.29, 1.82) is 0 Å². The lowest BCUT2D eigenvalue weighted by atomic mass is 9.85. The summed E-state index contributed by atoms with van der Waals surface area (Å²) in [4.78, 5) is 25.3. The zero-order chi connectivity index (χ0) is 15.1. The van der Waals surface area contributed by atoms with Gasteiger partial charge >= 0.3 is 0 Å². The normalized spacial score (nSPS) is 37.0. The van der Waals surface area contributed by atoms with Gasteiger partial charge in [-0.1, -0.05) is 12.2 Å². The molecule has 4 atom stereocenters. The molecule has 2 bridgehead atoms. The number of nitrogens with zero attached hydrogens (tertiary/aromatic N) is 2. The Morgan fingerprint density at radius 3 is 2.32 bits per heavy atom. The third-order valence-electron chi connectivity index (χ3n) is 5.72. The third-order valence-corrected chi connectivity index (χ3v) is 6.30. The first kappa shape index (κ1) is 13.0. The van der Waals surface area contributed by atoms with E-state index in [2.05, 4.69) is 39.8 Å². The summed E-state index contributed by atoms with van der Waals surface area (Å²) in [5, 5.41) is 5.16. The summed E-state index contributed by atoms with van der Waals surface area (Å²) in [6.45, 7) is 0. The molecule has 0 aromatic carbocycles. The zero-order valence-electron chi connectivity index (χ0n) is 11.6. The van der Waals surface area contributed by atoms with Gasteiger partial charge < -0.3 is 4.42 Å². The number of carbonyl (C=O) groups excluding carboxylic acids is 2. The first-order chi connectivity index (χ1) is 10.6. The number of hydrogen-bond acceptors (Lipinski definition) is 4. The molecule has 2 amide bonds. The first-order valence-electron chi connectivity index (χ1n) is 7.47. The Labute approximate surface area is 140 Å². The van der Waals surface area contributed by atoms with Crippen LogP contribution < -0.4 is 0 Å². The van der Waals surface area contributed by atoms with E-state index in [0.29, 0.717) is 5.76 Å². The average Bonchev–Trinajstić information content (AvgIpc) is 2.87. The van der Waals surface area contributed by atoms with E-state index in [4.69, 9.17) is 4.42 Å². The van der Waals surface area contributed by atoms with E-state index in [1.807, 2.05) is 6.07 Å². The van der Waals surface area contributed by atoms with Crippen molar-refractivity contribution in [1.82, 2.24) is 5.01 Å². The maximum atomic E-state index is 12.7. The SMILES string of the molecule is O=C1[C@H]2[C@H](C(=O)N1/N=C\c1ccc(I)o1)[C@H]1C=C[C@H]2C12CC2. The molecular weight excluding hydrogens is 395 g/mol. The standard InChI is InChI=1S/C16H13IN2O3/c17-11-4-1-8(22-11)7-18-19-14(20)12-9-2-3-10(13(12)15(19)21)16(9)5-6-16/h1-4,7,9-10,12-13H,5-6H2/b18-7-/t9-,10-,12-,13-/m1/s1. The lowest BCUT2D eigenvalue weighted by Gasteiger charge is -2.18. The number of hydrogen-bond donors (Lipinski definition) is 0. The molecule has 5 nitrogen and oxygen atoms in total. The summed E-state index contributed by atoms with van der Waals surface area (Å²) in [7, 11) is 0. The van der Waals surface area contributed by atoms with Crippen LogP contribution in [0.5, 0.6) is 0 Å². The summed E-state index contributed by atoms with van der Waals surface area (Å²) in [5.41, 5.74) is 0.230. The van der Waals surface area contributed by atoms with Crippen LogP contribution in [0.3, 0.4) is 0 Å². The van der Waals surface area contributed by atoms with Crippen molar-refractivity contribution in [2.24, 2.45) is 34.2 Å². The van der Waals surface area contributed by atoms with Crippen LogP contribution >= 0.6 is 22.6 Å². The lowest BCUT2D eigenvalue weighted by Crippen LogP contribution is -2.30. The Balaban J connectivity index is 1.45. The maximum Gasteiger partial charge on any atom is 0.254 e. The maximum absolute atomic E-state index is 12.7. The number of amides is 2. The lowest BCUT2D eigenvalue weighted by molar-refractivity contribution is -0.141. The van der Waals surface area contributed by atoms with Crippen LogP contribution in [-0.2, 0) is 9.59 Å². The van der Waals surface area contributed by atoms with Crippen molar-refractivity contribution in [2.45, 2.75) is 12.8 Å². The monoisotopic (exact) mass is 408 g/mol. The predicted octanol–water partition coefficient (Wildman–Crippen LogP) is 2.42. The molecule has 1 spiro atoms. The Morgan fingerprint density at radius 2 is 1.82 bits per heavy atom. The Bertz CT molecular complexity index is 727. The molecule has 1 aliphatic heterocycles. The molecule has 4 aliphatic rings. The first-order valence-corrected chi connectivity index (χ1v) is 8.55. The molecule has 112 valence electrons. The molecule has 1 aromatic heterocycles. The molecule has 3 aliphatic carbocycles. The molecular formula is C16H13IN2O3. The largest absolute Gasteiger partial charge is 0.449 e. The highest BCUT2D eigenvalue weighted by atomic mass is 127. The highest BCUT2D eigenvalue weighted by molar-refractivity contribution is 14.1. The number of imide groups is 1.